The minimum absolute atomic E-state index is 0.147. The van der Waals surface area contributed by atoms with Crippen LogP contribution in [-0.4, -0.2) is 5.91 Å². The van der Waals surface area contributed by atoms with E-state index in [0.29, 0.717) is 17.9 Å². The maximum atomic E-state index is 11.8. The van der Waals surface area contributed by atoms with Crippen molar-refractivity contribution in [1.29, 1.82) is 0 Å². The van der Waals surface area contributed by atoms with E-state index in [2.05, 4.69) is 5.32 Å². The van der Waals surface area contributed by atoms with Gasteiger partial charge in [-0.25, -0.2) is 0 Å². The van der Waals surface area contributed by atoms with Crippen molar-refractivity contribution >= 4 is 5.91 Å². The van der Waals surface area contributed by atoms with E-state index in [1.54, 1.807) is 25.3 Å². The first-order chi connectivity index (χ1) is 7.66. The SMILES string of the molecule is Cc1cc(C(=O)NCc2ccco2)c(C)o1. The van der Waals surface area contributed by atoms with Crippen LogP contribution < -0.4 is 5.32 Å². The molecule has 0 fully saturated rings. The number of nitrogens with one attached hydrogen (secondary N) is 1. The van der Waals surface area contributed by atoms with Crippen LogP contribution >= 0.6 is 0 Å². The maximum Gasteiger partial charge on any atom is 0.255 e. The summed E-state index contributed by atoms with van der Waals surface area (Å²) in [6.45, 7) is 3.97. The van der Waals surface area contributed by atoms with Gasteiger partial charge in [0, 0.05) is 0 Å². The van der Waals surface area contributed by atoms with Gasteiger partial charge in [-0.2, -0.15) is 0 Å². The fourth-order valence-electron chi connectivity index (χ4n) is 1.53. The molecule has 1 N–H and O–H groups in total. The molecule has 2 rings (SSSR count). The van der Waals surface area contributed by atoms with E-state index in [4.69, 9.17) is 8.83 Å². The third kappa shape index (κ3) is 2.16. The summed E-state index contributed by atoms with van der Waals surface area (Å²) in [5, 5.41) is 2.76. The molecule has 4 heteroatoms. The van der Waals surface area contributed by atoms with Crippen molar-refractivity contribution in [1.82, 2.24) is 5.32 Å². The van der Waals surface area contributed by atoms with Gasteiger partial charge in [-0.3, -0.25) is 4.79 Å². The highest BCUT2D eigenvalue weighted by atomic mass is 16.3. The summed E-state index contributed by atoms with van der Waals surface area (Å²) >= 11 is 0. The summed E-state index contributed by atoms with van der Waals surface area (Å²) < 4.78 is 10.4. The lowest BCUT2D eigenvalue weighted by Crippen LogP contribution is -2.22. The van der Waals surface area contributed by atoms with Crippen LogP contribution in [0.15, 0.2) is 33.3 Å². The van der Waals surface area contributed by atoms with E-state index in [9.17, 15) is 4.79 Å². The molecule has 0 bridgehead atoms. The molecule has 0 aliphatic rings. The molecule has 0 radical (unpaired) electrons. The Labute approximate surface area is 93.2 Å². The monoisotopic (exact) mass is 219 g/mol. The van der Waals surface area contributed by atoms with Crippen LogP contribution in [0.3, 0.4) is 0 Å². The number of aryl methyl sites for hydroxylation is 2. The van der Waals surface area contributed by atoms with Crippen molar-refractivity contribution in [3.63, 3.8) is 0 Å². The second-order valence-corrected chi connectivity index (χ2v) is 3.59. The zero-order valence-corrected chi connectivity index (χ0v) is 9.24. The van der Waals surface area contributed by atoms with Gasteiger partial charge in [0.25, 0.3) is 5.91 Å². The van der Waals surface area contributed by atoms with Crippen LogP contribution in [0.5, 0.6) is 0 Å². The summed E-state index contributed by atoms with van der Waals surface area (Å²) in [6.07, 6.45) is 1.58. The molecule has 84 valence electrons. The molecule has 0 saturated carbocycles. The molecule has 4 nitrogen and oxygen atoms in total. The first-order valence-corrected chi connectivity index (χ1v) is 5.04. The molecule has 0 aromatic carbocycles. The molecule has 2 heterocycles. The Bertz CT molecular complexity index is 482. The zero-order chi connectivity index (χ0) is 11.5. The predicted molar refractivity (Wildman–Crippen MR) is 58.1 cm³/mol. The molecule has 0 atom stereocenters. The molecule has 16 heavy (non-hydrogen) atoms. The third-order valence-corrected chi connectivity index (χ3v) is 2.29. The highest BCUT2D eigenvalue weighted by Gasteiger charge is 2.13. The van der Waals surface area contributed by atoms with Gasteiger partial charge in [-0.05, 0) is 32.0 Å². The highest BCUT2D eigenvalue weighted by Crippen LogP contribution is 2.13. The summed E-state index contributed by atoms with van der Waals surface area (Å²) in [6, 6.07) is 5.33. The van der Waals surface area contributed by atoms with Crippen LogP contribution in [0.4, 0.5) is 0 Å². The first-order valence-electron chi connectivity index (χ1n) is 5.04. The minimum Gasteiger partial charge on any atom is -0.467 e. The number of hydrogen-bond acceptors (Lipinski definition) is 3. The van der Waals surface area contributed by atoms with Crippen LogP contribution in [0.2, 0.25) is 0 Å². The Balaban J connectivity index is 2.01. The number of furan rings is 2. The largest absolute Gasteiger partial charge is 0.467 e. The molecule has 1 amide bonds. The molecule has 0 saturated heterocycles. The summed E-state index contributed by atoms with van der Waals surface area (Å²) in [5.74, 6) is 1.95. The van der Waals surface area contributed by atoms with Crippen molar-refractivity contribution in [3.8, 4) is 0 Å². The first kappa shape index (κ1) is 10.5. The number of carbonyl (C=O) groups excluding carboxylic acids is 1. The highest BCUT2D eigenvalue weighted by molar-refractivity contribution is 5.95. The van der Waals surface area contributed by atoms with Crippen molar-refractivity contribution in [2.24, 2.45) is 0 Å². The van der Waals surface area contributed by atoms with Gasteiger partial charge in [-0.1, -0.05) is 0 Å². The molecular formula is C12H13NO3. The van der Waals surface area contributed by atoms with Gasteiger partial charge in [0.2, 0.25) is 0 Å². The van der Waals surface area contributed by atoms with Gasteiger partial charge in [0.1, 0.15) is 17.3 Å². The number of hydrogen-bond donors (Lipinski definition) is 1. The summed E-state index contributed by atoms with van der Waals surface area (Å²) in [5.41, 5.74) is 0.573. The van der Waals surface area contributed by atoms with Gasteiger partial charge < -0.3 is 14.2 Å². The van der Waals surface area contributed by atoms with E-state index in [0.717, 1.165) is 11.5 Å². The number of carbonyl (C=O) groups is 1. The van der Waals surface area contributed by atoms with E-state index in [1.807, 2.05) is 13.0 Å². The molecule has 2 aromatic rings. The Hall–Kier alpha value is -1.97. The Morgan fingerprint density at radius 3 is 2.81 bits per heavy atom. The van der Waals surface area contributed by atoms with E-state index >= 15 is 0 Å². The molecule has 2 aromatic heterocycles. The van der Waals surface area contributed by atoms with Crippen molar-refractivity contribution < 1.29 is 13.6 Å². The lowest BCUT2D eigenvalue weighted by molar-refractivity contribution is 0.0946. The lowest BCUT2D eigenvalue weighted by Gasteiger charge is -2.01. The molecule has 0 aliphatic carbocycles. The van der Waals surface area contributed by atoms with Crippen LogP contribution in [0.25, 0.3) is 0 Å². The van der Waals surface area contributed by atoms with Crippen molar-refractivity contribution in [2.75, 3.05) is 0 Å². The van der Waals surface area contributed by atoms with Gasteiger partial charge in [-0.15, -0.1) is 0 Å². The van der Waals surface area contributed by atoms with Gasteiger partial charge in [0.05, 0.1) is 18.4 Å². The quantitative estimate of drug-likeness (QED) is 0.862. The molecule has 0 spiro atoms. The second kappa shape index (κ2) is 4.26. The summed E-state index contributed by atoms with van der Waals surface area (Å²) in [7, 11) is 0. The summed E-state index contributed by atoms with van der Waals surface area (Å²) in [4.78, 5) is 11.8. The standard InChI is InChI=1S/C12H13NO3/c1-8-6-11(9(2)16-8)12(14)13-7-10-4-3-5-15-10/h3-6H,7H2,1-2H3,(H,13,14). The minimum atomic E-state index is -0.147. The average Bonchev–Trinajstić information content (AvgIpc) is 2.84. The average molecular weight is 219 g/mol. The fourth-order valence-corrected chi connectivity index (χ4v) is 1.53. The smallest absolute Gasteiger partial charge is 0.255 e. The third-order valence-electron chi connectivity index (χ3n) is 2.29. The van der Waals surface area contributed by atoms with Crippen LogP contribution in [0.1, 0.15) is 27.6 Å². The van der Waals surface area contributed by atoms with Crippen molar-refractivity contribution in [2.45, 2.75) is 20.4 Å². The molecule has 0 aliphatic heterocycles. The maximum absolute atomic E-state index is 11.8. The number of amides is 1. The van der Waals surface area contributed by atoms with Crippen LogP contribution in [-0.2, 0) is 6.54 Å². The zero-order valence-electron chi connectivity index (χ0n) is 9.24. The van der Waals surface area contributed by atoms with Gasteiger partial charge in [0.15, 0.2) is 0 Å². The van der Waals surface area contributed by atoms with E-state index in [1.165, 1.54) is 0 Å². The molecular weight excluding hydrogens is 206 g/mol. The van der Waals surface area contributed by atoms with Crippen molar-refractivity contribution in [3.05, 3.63) is 47.3 Å². The number of rotatable bonds is 3. The molecule has 0 unspecified atom stereocenters. The second-order valence-electron chi connectivity index (χ2n) is 3.59. The fraction of sp³-hybridized carbons (Fsp3) is 0.250. The van der Waals surface area contributed by atoms with Gasteiger partial charge >= 0.3 is 0 Å². The van der Waals surface area contributed by atoms with Crippen LogP contribution in [0, 0.1) is 13.8 Å². The van der Waals surface area contributed by atoms with E-state index < -0.39 is 0 Å². The Kier molecular flexibility index (Phi) is 2.81. The normalized spacial score (nSPS) is 10.4. The predicted octanol–water partition coefficient (Wildman–Crippen LogP) is 2.42. The Morgan fingerprint density at radius 1 is 1.44 bits per heavy atom. The lowest BCUT2D eigenvalue weighted by atomic mass is 10.2. The van der Waals surface area contributed by atoms with E-state index in [-0.39, 0.29) is 5.91 Å². The Morgan fingerprint density at radius 2 is 2.25 bits per heavy atom. The topological polar surface area (TPSA) is 55.4 Å².